The Morgan fingerprint density at radius 3 is 2.46 bits per heavy atom. The third-order valence-corrected chi connectivity index (χ3v) is 3.37. The van der Waals surface area contributed by atoms with Crippen LogP contribution in [0.25, 0.3) is 0 Å². The van der Waals surface area contributed by atoms with Gasteiger partial charge in [0.1, 0.15) is 0 Å². The molecule has 1 heterocycles. The van der Waals surface area contributed by atoms with Crippen LogP contribution in [0.4, 0.5) is 0 Å². The van der Waals surface area contributed by atoms with Gasteiger partial charge in [0, 0.05) is 6.61 Å². The molecule has 1 saturated heterocycles. The van der Waals surface area contributed by atoms with E-state index in [0.29, 0.717) is 17.8 Å². The summed E-state index contributed by atoms with van der Waals surface area (Å²) < 4.78 is 5.69. The summed E-state index contributed by atoms with van der Waals surface area (Å²) in [5.41, 5.74) is 0.0497. The molecule has 78 valence electrons. The van der Waals surface area contributed by atoms with Crippen LogP contribution < -0.4 is 0 Å². The molecule has 0 spiro atoms. The minimum atomic E-state index is 0.0497. The summed E-state index contributed by atoms with van der Waals surface area (Å²) >= 11 is 0. The molecule has 1 aliphatic heterocycles. The van der Waals surface area contributed by atoms with Gasteiger partial charge < -0.3 is 9.84 Å². The minimum Gasteiger partial charge on any atom is -0.396 e. The molecule has 3 unspecified atom stereocenters. The average molecular weight is 186 g/mol. The molecule has 0 aromatic rings. The van der Waals surface area contributed by atoms with Gasteiger partial charge in [-0.25, -0.2) is 0 Å². The third kappa shape index (κ3) is 2.68. The zero-order valence-corrected chi connectivity index (χ0v) is 9.21. The SMILES string of the molecule is CC(CO)C(C)C1COC(C)(C)C1. The van der Waals surface area contributed by atoms with Gasteiger partial charge in [0.15, 0.2) is 0 Å². The van der Waals surface area contributed by atoms with Crippen molar-refractivity contribution in [3.05, 3.63) is 0 Å². The fourth-order valence-corrected chi connectivity index (χ4v) is 2.05. The van der Waals surface area contributed by atoms with E-state index in [1.54, 1.807) is 0 Å². The van der Waals surface area contributed by atoms with E-state index in [1.165, 1.54) is 0 Å². The van der Waals surface area contributed by atoms with Gasteiger partial charge >= 0.3 is 0 Å². The van der Waals surface area contributed by atoms with Crippen molar-refractivity contribution < 1.29 is 9.84 Å². The molecule has 1 aliphatic rings. The van der Waals surface area contributed by atoms with E-state index in [-0.39, 0.29) is 12.2 Å². The van der Waals surface area contributed by atoms with E-state index in [9.17, 15) is 0 Å². The third-order valence-electron chi connectivity index (χ3n) is 3.37. The molecule has 0 radical (unpaired) electrons. The maximum Gasteiger partial charge on any atom is 0.0630 e. The predicted molar refractivity (Wildman–Crippen MR) is 53.6 cm³/mol. The number of hydrogen-bond donors (Lipinski definition) is 1. The zero-order chi connectivity index (χ0) is 10.1. The van der Waals surface area contributed by atoms with Gasteiger partial charge in [0.05, 0.1) is 12.2 Å². The largest absolute Gasteiger partial charge is 0.396 e. The second-order valence-corrected chi connectivity index (χ2v) is 5.05. The molecule has 3 atom stereocenters. The van der Waals surface area contributed by atoms with Crippen LogP contribution in [0.15, 0.2) is 0 Å². The summed E-state index contributed by atoms with van der Waals surface area (Å²) in [6, 6.07) is 0. The highest BCUT2D eigenvalue weighted by molar-refractivity contribution is 4.84. The Morgan fingerprint density at radius 1 is 1.46 bits per heavy atom. The van der Waals surface area contributed by atoms with Crippen molar-refractivity contribution in [2.24, 2.45) is 17.8 Å². The van der Waals surface area contributed by atoms with Crippen LogP contribution in [0.5, 0.6) is 0 Å². The van der Waals surface area contributed by atoms with Crippen LogP contribution >= 0.6 is 0 Å². The lowest BCUT2D eigenvalue weighted by molar-refractivity contribution is 0.0327. The number of aliphatic hydroxyl groups is 1. The quantitative estimate of drug-likeness (QED) is 0.731. The first kappa shape index (κ1) is 11.0. The molecular weight excluding hydrogens is 164 g/mol. The first-order valence-corrected chi connectivity index (χ1v) is 5.21. The Kier molecular flexibility index (Phi) is 3.36. The molecular formula is C11H22O2. The molecule has 0 aromatic carbocycles. The van der Waals surface area contributed by atoms with E-state index in [1.807, 2.05) is 0 Å². The molecule has 1 N–H and O–H groups in total. The summed E-state index contributed by atoms with van der Waals surface area (Å²) in [7, 11) is 0. The summed E-state index contributed by atoms with van der Waals surface area (Å²) in [5, 5.41) is 9.05. The van der Waals surface area contributed by atoms with Crippen LogP contribution in [0.2, 0.25) is 0 Å². The molecule has 2 heteroatoms. The van der Waals surface area contributed by atoms with Crippen molar-refractivity contribution in [1.82, 2.24) is 0 Å². The lowest BCUT2D eigenvalue weighted by Crippen LogP contribution is -2.23. The molecule has 1 rings (SSSR count). The number of rotatable bonds is 3. The molecule has 1 fully saturated rings. The smallest absolute Gasteiger partial charge is 0.0630 e. The van der Waals surface area contributed by atoms with Crippen molar-refractivity contribution in [2.75, 3.05) is 13.2 Å². The number of hydrogen-bond acceptors (Lipinski definition) is 2. The van der Waals surface area contributed by atoms with Crippen molar-refractivity contribution in [1.29, 1.82) is 0 Å². The van der Waals surface area contributed by atoms with Crippen LogP contribution in [-0.2, 0) is 4.74 Å². The van der Waals surface area contributed by atoms with Crippen LogP contribution in [0.1, 0.15) is 34.1 Å². The average Bonchev–Trinajstić information content (AvgIpc) is 2.43. The molecule has 13 heavy (non-hydrogen) atoms. The van der Waals surface area contributed by atoms with Crippen LogP contribution in [-0.4, -0.2) is 23.9 Å². The lowest BCUT2D eigenvalue weighted by atomic mass is 9.81. The number of ether oxygens (including phenoxy) is 1. The van der Waals surface area contributed by atoms with Crippen molar-refractivity contribution >= 4 is 0 Å². The molecule has 0 bridgehead atoms. The Hall–Kier alpha value is -0.0800. The van der Waals surface area contributed by atoms with Crippen LogP contribution in [0, 0.1) is 17.8 Å². The maximum absolute atomic E-state index is 9.05. The molecule has 0 amide bonds. The van der Waals surface area contributed by atoms with Gasteiger partial charge in [-0.3, -0.25) is 0 Å². The Bertz CT molecular complexity index is 165. The van der Waals surface area contributed by atoms with Gasteiger partial charge in [-0.05, 0) is 38.0 Å². The van der Waals surface area contributed by atoms with Crippen molar-refractivity contribution in [3.8, 4) is 0 Å². The molecule has 0 aromatic heterocycles. The topological polar surface area (TPSA) is 29.5 Å². The molecule has 2 nitrogen and oxygen atoms in total. The van der Waals surface area contributed by atoms with Crippen LogP contribution in [0.3, 0.4) is 0 Å². The standard InChI is InChI=1S/C11H22O2/c1-8(6-12)9(2)10-5-11(3,4)13-7-10/h8-10,12H,5-7H2,1-4H3. The fraction of sp³-hybridized carbons (Fsp3) is 1.00. The first-order valence-electron chi connectivity index (χ1n) is 5.21. The van der Waals surface area contributed by atoms with Crippen molar-refractivity contribution in [2.45, 2.75) is 39.7 Å². The second-order valence-electron chi connectivity index (χ2n) is 5.05. The van der Waals surface area contributed by atoms with E-state index in [2.05, 4.69) is 27.7 Å². The Morgan fingerprint density at radius 2 is 2.08 bits per heavy atom. The van der Waals surface area contributed by atoms with E-state index in [0.717, 1.165) is 13.0 Å². The van der Waals surface area contributed by atoms with Gasteiger partial charge in [0.25, 0.3) is 0 Å². The first-order chi connectivity index (χ1) is 5.96. The summed E-state index contributed by atoms with van der Waals surface area (Å²) in [5.74, 6) is 1.58. The Labute approximate surface area is 81.3 Å². The zero-order valence-electron chi connectivity index (χ0n) is 9.21. The Balaban J connectivity index is 2.46. The minimum absolute atomic E-state index is 0.0497. The lowest BCUT2D eigenvalue weighted by Gasteiger charge is -2.24. The van der Waals surface area contributed by atoms with E-state index in [4.69, 9.17) is 9.84 Å². The highest BCUT2D eigenvalue weighted by atomic mass is 16.5. The highest BCUT2D eigenvalue weighted by Gasteiger charge is 2.36. The maximum atomic E-state index is 9.05. The number of aliphatic hydroxyl groups excluding tert-OH is 1. The predicted octanol–water partition coefficient (Wildman–Crippen LogP) is 2.07. The normalized spacial score (nSPS) is 31.6. The van der Waals surface area contributed by atoms with Gasteiger partial charge in [-0.1, -0.05) is 13.8 Å². The fourth-order valence-electron chi connectivity index (χ4n) is 2.05. The van der Waals surface area contributed by atoms with E-state index >= 15 is 0 Å². The summed E-state index contributed by atoms with van der Waals surface area (Å²) in [6.07, 6.45) is 1.12. The summed E-state index contributed by atoms with van der Waals surface area (Å²) in [6.45, 7) is 9.76. The highest BCUT2D eigenvalue weighted by Crippen LogP contribution is 2.36. The summed E-state index contributed by atoms with van der Waals surface area (Å²) in [4.78, 5) is 0. The molecule has 0 saturated carbocycles. The second kappa shape index (κ2) is 3.97. The van der Waals surface area contributed by atoms with Crippen molar-refractivity contribution in [3.63, 3.8) is 0 Å². The monoisotopic (exact) mass is 186 g/mol. The molecule has 0 aliphatic carbocycles. The van der Waals surface area contributed by atoms with Gasteiger partial charge in [0.2, 0.25) is 0 Å². The van der Waals surface area contributed by atoms with Gasteiger partial charge in [-0.15, -0.1) is 0 Å². The van der Waals surface area contributed by atoms with E-state index < -0.39 is 0 Å². The van der Waals surface area contributed by atoms with Gasteiger partial charge in [-0.2, -0.15) is 0 Å².